The summed E-state index contributed by atoms with van der Waals surface area (Å²) in [6.07, 6.45) is -3.62. The summed E-state index contributed by atoms with van der Waals surface area (Å²) in [5, 5.41) is 17.1. The number of nitrogens with zero attached hydrogens (tertiary/aromatic N) is 2. The fourth-order valence-electron chi connectivity index (χ4n) is 5.00. The van der Waals surface area contributed by atoms with Crippen molar-refractivity contribution in [3.05, 3.63) is 34.5 Å². The van der Waals surface area contributed by atoms with Gasteiger partial charge in [-0.3, -0.25) is 9.48 Å². The minimum atomic E-state index is -4.55. The van der Waals surface area contributed by atoms with Crippen LogP contribution in [0.4, 0.5) is 22.0 Å². The van der Waals surface area contributed by atoms with E-state index in [1.807, 2.05) is 0 Å². The highest BCUT2D eigenvalue weighted by Gasteiger charge is 2.47. The Kier molecular flexibility index (Phi) is 10.8. The molecule has 9 nitrogen and oxygen atoms in total. The normalized spacial score (nSPS) is 21.7. The number of nitrogens with one attached hydrogen (secondary N) is 2. The van der Waals surface area contributed by atoms with Crippen LogP contribution >= 0.6 is 27.7 Å². The van der Waals surface area contributed by atoms with Gasteiger partial charge in [-0.2, -0.15) is 27.1 Å². The molecule has 43 heavy (non-hydrogen) atoms. The highest BCUT2D eigenvalue weighted by atomic mass is 79.9. The maximum Gasteiger partial charge on any atom is 0.394 e. The van der Waals surface area contributed by atoms with Crippen molar-refractivity contribution in [2.24, 2.45) is 5.41 Å². The molecular formula is C26H33BrClF5N4O5S. The molecule has 1 heterocycles. The van der Waals surface area contributed by atoms with Crippen molar-refractivity contribution in [3.63, 3.8) is 0 Å². The summed E-state index contributed by atoms with van der Waals surface area (Å²) in [5.41, 5.74) is -3.87. The number of benzene rings is 1. The lowest BCUT2D eigenvalue weighted by molar-refractivity contribution is -0.211. The summed E-state index contributed by atoms with van der Waals surface area (Å²) < 4.78 is 99.8. The molecule has 1 aliphatic carbocycles. The Morgan fingerprint density at radius 2 is 1.98 bits per heavy atom. The summed E-state index contributed by atoms with van der Waals surface area (Å²) in [7, 11) is -3.36. The van der Waals surface area contributed by atoms with Crippen molar-refractivity contribution in [3.8, 4) is 17.0 Å². The highest BCUT2D eigenvalue weighted by molar-refractivity contribution is 9.08. The topological polar surface area (TPSA) is 123 Å². The molecule has 242 valence electrons. The van der Waals surface area contributed by atoms with Gasteiger partial charge in [0.05, 0.1) is 27.0 Å². The van der Waals surface area contributed by atoms with Crippen LogP contribution < -0.4 is 14.4 Å². The summed E-state index contributed by atoms with van der Waals surface area (Å²) in [6.45, 7) is 0.167. The van der Waals surface area contributed by atoms with Crippen LogP contribution in [0.2, 0.25) is 5.02 Å². The van der Waals surface area contributed by atoms with Gasteiger partial charge in [-0.25, -0.2) is 12.8 Å². The molecule has 3 atom stereocenters. The molecule has 2 aromatic rings. The van der Waals surface area contributed by atoms with E-state index in [1.165, 1.54) is 16.8 Å². The number of amides is 1. The Morgan fingerprint density at radius 3 is 2.51 bits per heavy atom. The van der Waals surface area contributed by atoms with Gasteiger partial charge in [-0.05, 0) is 50.3 Å². The highest BCUT2D eigenvalue weighted by Crippen LogP contribution is 2.43. The Balaban J connectivity index is 1.92. The van der Waals surface area contributed by atoms with E-state index in [0.29, 0.717) is 0 Å². The van der Waals surface area contributed by atoms with Crippen LogP contribution in [0.25, 0.3) is 11.3 Å². The molecule has 1 aromatic heterocycles. The predicted molar refractivity (Wildman–Crippen MR) is 154 cm³/mol. The first-order valence-electron chi connectivity index (χ1n) is 13.2. The summed E-state index contributed by atoms with van der Waals surface area (Å²) in [6, 6.07) is 2.97. The predicted octanol–water partition coefficient (Wildman–Crippen LogP) is 5.28. The molecule has 1 aromatic carbocycles. The zero-order valence-electron chi connectivity index (χ0n) is 23.7. The number of hydrogen-bond acceptors (Lipinski definition) is 7. The molecule has 0 spiro atoms. The zero-order valence-corrected chi connectivity index (χ0v) is 26.9. The van der Waals surface area contributed by atoms with Gasteiger partial charge >= 0.3 is 12.8 Å². The van der Waals surface area contributed by atoms with E-state index < -0.39 is 63.0 Å². The quantitative estimate of drug-likeness (QED) is 0.213. The number of aromatic nitrogens is 2. The number of halogens is 7. The molecule has 3 N–H and O–H groups in total. The Bertz CT molecular complexity index is 1440. The molecule has 0 saturated heterocycles. The third kappa shape index (κ3) is 7.99. The SMILES string of the molecule is CCn1nc(C(=O)NC[C@]2(O)CC[C@@H](S(C)(=O)=O)C[C@H]2NBr)c(Cl)c1-c1ccc(CC(C)(C)C(F)(F)F)cc1OC(F)F. The van der Waals surface area contributed by atoms with Crippen molar-refractivity contribution >= 4 is 43.5 Å². The molecule has 1 saturated carbocycles. The van der Waals surface area contributed by atoms with Crippen LogP contribution in [0.15, 0.2) is 18.2 Å². The van der Waals surface area contributed by atoms with Crippen molar-refractivity contribution in [2.45, 2.75) is 82.7 Å². The van der Waals surface area contributed by atoms with Crippen LogP contribution in [0.3, 0.4) is 0 Å². The number of sulfone groups is 1. The van der Waals surface area contributed by atoms with Crippen LogP contribution in [0.1, 0.15) is 56.1 Å². The van der Waals surface area contributed by atoms with Crippen LogP contribution in [0, 0.1) is 5.41 Å². The van der Waals surface area contributed by atoms with Crippen LogP contribution in [-0.4, -0.2) is 71.7 Å². The van der Waals surface area contributed by atoms with Gasteiger partial charge in [-0.15, -0.1) is 0 Å². The van der Waals surface area contributed by atoms with Gasteiger partial charge in [0, 0.05) is 47.1 Å². The van der Waals surface area contributed by atoms with Gasteiger partial charge in [0.25, 0.3) is 5.91 Å². The smallest absolute Gasteiger partial charge is 0.394 e. The molecule has 1 amide bonds. The van der Waals surface area contributed by atoms with Crippen LogP contribution in [0.5, 0.6) is 5.75 Å². The lowest BCUT2D eigenvalue weighted by Gasteiger charge is -2.41. The number of carbonyl (C=O) groups is 1. The third-order valence-electron chi connectivity index (χ3n) is 7.68. The minimum absolute atomic E-state index is 0.0199. The number of aliphatic hydroxyl groups is 1. The molecule has 1 fully saturated rings. The van der Waals surface area contributed by atoms with E-state index >= 15 is 0 Å². The lowest BCUT2D eigenvalue weighted by Crippen LogP contribution is -2.59. The average molecular weight is 724 g/mol. The van der Waals surface area contributed by atoms with Gasteiger partial charge in [0.15, 0.2) is 5.69 Å². The first kappa shape index (κ1) is 35.5. The van der Waals surface area contributed by atoms with Gasteiger partial charge in [0.1, 0.15) is 15.6 Å². The maximum absolute atomic E-state index is 13.5. The third-order valence-corrected chi connectivity index (χ3v) is 10.2. The largest absolute Gasteiger partial charge is 0.434 e. The number of carbonyl (C=O) groups excluding carboxylic acids is 1. The standard InChI is InChI=1S/C26H33BrClF5N4O5S/c1-5-37-21(16-7-6-14(10-17(16)42-23(29)30)12-24(2,3)26(31,32)33)19(28)20(36-37)22(38)34-13-25(39)9-8-15(43(4,40)41)11-18(25)35-27/h6-7,10,15,18,23,35,39H,5,8-9,11-13H2,1-4H3,(H,34,38)/t15-,18-,25-/m1/s1. The van der Waals surface area contributed by atoms with Gasteiger partial charge < -0.3 is 15.2 Å². The van der Waals surface area contributed by atoms with Gasteiger partial charge in [0.2, 0.25) is 0 Å². The van der Waals surface area contributed by atoms with E-state index in [2.05, 4.69) is 35.6 Å². The van der Waals surface area contributed by atoms with E-state index in [-0.39, 0.29) is 59.9 Å². The Morgan fingerprint density at radius 1 is 1.33 bits per heavy atom. The number of alkyl halides is 5. The number of hydrogen-bond donors (Lipinski definition) is 3. The molecule has 3 rings (SSSR count). The van der Waals surface area contributed by atoms with Crippen molar-refractivity contribution in [1.82, 2.24) is 19.4 Å². The molecule has 0 unspecified atom stereocenters. The fraction of sp³-hybridized carbons (Fsp3) is 0.615. The zero-order chi connectivity index (χ0) is 32.5. The fourth-order valence-corrected chi connectivity index (χ4v) is 7.02. The second kappa shape index (κ2) is 13.2. The van der Waals surface area contributed by atoms with E-state index in [1.54, 1.807) is 6.92 Å². The maximum atomic E-state index is 13.5. The molecule has 1 aliphatic rings. The number of aryl methyl sites for hydroxylation is 1. The molecule has 17 heteroatoms. The van der Waals surface area contributed by atoms with E-state index in [9.17, 15) is 40.3 Å². The van der Waals surface area contributed by atoms with Crippen molar-refractivity contribution < 1.29 is 45.0 Å². The lowest BCUT2D eigenvalue weighted by atomic mass is 9.80. The molecule has 0 aliphatic heterocycles. The van der Waals surface area contributed by atoms with E-state index in [0.717, 1.165) is 26.2 Å². The second-order valence-electron chi connectivity index (χ2n) is 11.3. The summed E-state index contributed by atoms with van der Waals surface area (Å²) in [5.74, 6) is -1.25. The average Bonchev–Trinajstić information content (AvgIpc) is 3.22. The first-order chi connectivity index (χ1) is 19.7. The Hall–Kier alpha value is -2.01. The first-order valence-corrected chi connectivity index (χ1v) is 16.3. The monoisotopic (exact) mass is 722 g/mol. The molecular weight excluding hydrogens is 691 g/mol. The van der Waals surface area contributed by atoms with Gasteiger partial charge in [-0.1, -0.05) is 31.5 Å². The Labute approximate surface area is 259 Å². The number of ether oxygens (including phenoxy) is 1. The minimum Gasteiger partial charge on any atom is -0.434 e. The van der Waals surface area contributed by atoms with Crippen LogP contribution in [-0.2, 0) is 22.8 Å². The summed E-state index contributed by atoms with van der Waals surface area (Å²) >= 11 is 9.62. The molecule has 0 bridgehead atoms. The number of rotatable bonds is 11. The summed E-state index contributed by atoms with van der Waals surface area (Å²) in [4.78, 5) is 13.2. The molecule has 0 radical (unpaired) electrons. The van der Waals surface area contributed by atoms with Crippen molar-refractivity contribution in [1.29, 1.82) is 0 Å². The van der Waals surface area contributed by atoms with Crippen molar-refractivity contribution in [2.75, 3.05) is 12.8 Å². The second-order valence-corrected chi connectivity index (χ2v) is 14.4. The van der Waals surface area contributed by atoms with E-state index in [4.69, 9.17) is 11.6 Å².